The Labute approximate surface area is 121 Å². The fourth-order valence-corrected chi connectivity index (χ4v) is 2.62. The molecule has 0 aliphatic heterocycles. The number of nitrogens with two attached hydrogens (primary N) is 1. The van der Waals surface area contributed by atoms with E-state index in [1.54, 1.807) is 23.5 Å². The Morgan fingerprint density at radius 3 is 2.85 bits per heavy atom. The van der Waals surface area contributed by atoms with Gasteiger partial charge >= 0.3 is 5.97 Å². The maximum atomic E-state index is 11.6. The molecule has 0 aliphatic rings. The van der Waals surface area contributed by atoms with Crippen LogP contribution in [-0.2, 0) is 4.74 Å². The number of benzene rings is 1. The van der Waals surface area contributed by atoms with Crippen molar-refractivity contribution in [1.29, 1.82) is 0 Å². The molecule has 1 aromatic heterocycles. The summed E-state index contributed by atoms with van der Waals surface area (Å²) in [4.78, 5) is 17.1. The van der Waals surface area contributed by atoms with Crippen molar-refractivity contribution in [2.75, 3.05) is 18.2 Å². The Hall–Kier alpha value is -2.08. The van der Waals surface area contributed by atoms with Crippen LogP contribution in [-0.4, -0.2) is 18.1 Å². The first-order chi connectivity index (χ1) is 9.52. The second kappa shape index (κ2) is 5.92. The number of anilines is 2. The number of methoxy groups -OCH3 is 1. The summed E-state index contributed by atoms with van der Waals surface area (Å²) < 4.78 is 4.71. The summed E-state index contributed by atoms with van der Waals surface area (Å²) in [5, 5.41) is 4.25. The number of thiazole rings is 1. The zero-order valence-corrected chi connectivity index (χ0v) is 12.5. The van der Waals surface area contributed by atoms with Crippen LogP contribution in [0.1, 0.15) is 33.2 Å². The molecule has 0 bridgehead atoms. The molecule has 106 valence electrons. The van der Waals surface area contributed by atoms with Crippen LogP contribution in [0.2, 0.25) is 0 Å². The van der Waals surface area contributed by atoms with Crippen LogP contribution in [0.5, 0.6) is 0 Å². The summed E-state index contributed by atoms with van der Waals surface area (Å²) in [6.07, 6.45) is 1.84. The molecule has 1 unspecified atom stereocenters. The lowest BCUT2D eigenvalue weighted by Crippen LogP contribution is -2.11. The monoisotopic (exact) mass is 291 g/mol. The molecule has 0 aliphatic carbocycles. The predicted octanol–water partition coefficient (Wildman–Crippen LogP) is 2.99. The molecule has 0 spiro atoms. The highest BCUT2D eigenvalue weighted by Gasteiger charge is 2.15. The van der Waals surface area contributed by atoms with Crippen molar-refractivity contribution in [2.45, 2.75) is 19.9 Å². The number of aryl methyl sites for hydroxylation is 1. The van der Waals surface area contributed by atoms with Gasteiger partial charge in [0.05, 0.1) is 30.1 Å². The molecule has 2 rings (SSSR count). The number of carbonyl (C=O) groups is 1. The van der Waals surface area contributed by atoms with Gasteiger partial charge < -0.3 is 15.8 Å². The van der Waals surface area contributed by atoms with Crippen molar-refractivity contribution >= 4 is 28.7 Å². The minimum atomic E-state index is -0.441. The first-order valence-electron chi connectivity index (χ1n) is 6.18. The van der Waals surface area contributed by atoms with Crippen molar-refractivity contribution in [3.05, 3.63) is 39.8 Å². The summed E-state index contributed by atoms with van der Waals surface area (Å²) in [5.41, 5.74) is 7.46. The van der Waals surface area contributed by atoms with Gasteiger partial charge in [0, 0.05) is 11.1 Å². The zero-order valence-electron chi connectivity index (χ0n) is 11.6. The van der Waals surface area contributed by atoms with Gasteiger partial charge in [0.2, 0.25) is 0 Å². The number of hydrogen-bond acceptors (Lipinski definition) is 6. The fraction of sp³-hybridized carbons (Fsp3) is 0.286. The van der Waals surface area contributed by atoms with E-state index in [1.165, 1.54) is 7.11 Å². The van der Waals surface area contributed by atoms with E-state index in [0.29, 0.717) is 16.9 Å². The van der Waals surface area contributed by atoms with Crippen molar-refractivity contribution < 1.29 is 9.53 Å². The Morgan fingerprint density at radius 2 is 2.25 bits per heavy atom. The smallest absolute Gasteiger partial charge is 0.340 e. The lowest BCUT2D eigenvalue weighted by atomic mass is 10.1. The molecule has 0 saturated carbocycles. The number of esters is 1. The average molecular weight is 291 g/mol. The summed E-state index contributed by atoms with van der Waals surface area (Å²) in [7, 11) is 1.34. The second-order valence-corrected chi connectivity index (χ2v) is 5.70. The first-order valence-corrected chi connectivity index (χ1v) is 7.00. The third kappa shape index (κ3) is 2.91. The van der Waals surface area contributed by atoms with Crippen molar-refractivity contribution in [3.63, 3.8) is 0 Å². The number of hydrogen-bond donors (Lipinski definition) is 2. The van der Waals surface area contributed by atoms with Crippen LogP contribution in [0.4, 0.5) is 11.4 Å². The molecule has 1 aromatic carbocycles. The third-order valence-corrected chi connectivity index (χ3v) is 3.99. The molecule has 0 saturated heterocycles. The van der Waals surface area contributed by atoms with Gasteiger partial charge in [0.15, 0.2) is 0 Å². The van der Waals surface area contributed by atoms with Crippen molar-refractivity contribution in [3.8, 4) is 0 Å². The number of ether oxygens (including phenoxy) is 1. The Morgan fingerprint density at radius 1 is 1.50 bits per heavy atom. The first kappa shape index (κ1) is 14.3. The standard InChI is InChI=1S/C14H17N3O2S/c1-8-7-16-13(20-8)9(2)17-11-6-4-5-10(12(11)15)14(18)19-3/h4-7,9,17H,15H2,1-3H3. The maximum absolute atomic E-state index is 11.6. The van der Waals surface area contributed by atoms with E-state index in [1.807, 2.05) is 26.1 Å². The van der Waals surface area contributed by atoms with Crippen LogP contribution in [0.25, 0.3) is 0 Å². The Kier molecular flexibility index (Phi) is 4.24. The van der Waals surface area contributed by atoms with Gasteiger partial charge in [-0.1, -0.05) is 6.07 Å². The van der Waals surface area contributed by atoms with Gasteiger partial charge in [0.1, 0.15) is 5.01 Å². The molecule has 0 amide bonds. The molecule has 0 fully saturated rings. The van der Waals surface area contributed by atoms with Gasteiger partial charge in [-0.3, -0.25) is 0 Å². The van der Waals surface area contributed by atoms with Gasteiger partial charge in [-0.25, -0.2) is 9.78 Å². The van der Waals surface area contributed by atoms with E-state index in [4.69, 9.17) is 10.5 Å². The number of nitrogens with one attached hydrogen (secondary N) is 1. The summed E-state index contributed by atoms with van der Waals surface area (Å²) in [5.74, 6) is -0.441. The molecular formula is C14H17N3O2S. The average Bonchev–Trinajstić information content (AvgIpc) is 2.87. The molecule has 1 atom stereocenters. The molecule has 20 heavy (non-hydrogen) atoms. The molecule has 2 aromatic rings. The zero-order chi connectivity index (χ0) is 14.7. The SMILES string of the molecule is COC(=O)c1cccc(NC(C)c2ncc(C)s2)c1N. The van der Waals surface area contributed by atoms with Gasteiger partial charge in [-0.15, -0.1) is 11.3 Å². The number of nitrogen functional groups attached to an aromatic ring is 1. The van der Waals surface area contributed by atoms with Crippen molar-refractivity contribution in [2.24, 2.45) is 0 Å². The van der Waals surface area contributed by atoms with E-state index >= 15 is 0 Å². The number of nitrogens with zero attached hydrogens (tertiary/aromatic N) is 1. The Balaban J connectivity index is 2.23. The van der Waals surface area contributed by atoms with Gasteiger partial charge in [0.25, 0.3) is 0 Å². The minimum absolute atomic E-state index is 0.0175. The number of para-hydroxylation sites is 1. The molecule has 0 radical (unpaired) electrons. The topological polar surface area (TPSA) is 77.2 Å². The largest absolute Gasteiger partial charge is 0.465 e. The lowest BCUT2D eigenvalue weighted by molar-refractivity contribution is 0.0602. The normalized spacial score (nSPS) is 11.9. The summed E-state index contributed by atoms with van der Waals surface area (Å²) >= 11 is 1.63. The van der Waals surface area contributed by atoms with Crippen LogP contribution in [0, 0.1) is 6.92 Å². The third-order valence-electron chi connectivity index (χ3n) is 2.89. The number of rotatable bonds is 4. The van der Waals surface area contributed by atoms with E-state index in [2.05, 4.69) is 10.3 Å². The second-order valence-electron chi connectivity index (χ2n) is 4.43. The highest BCUT2D eigenvalue weighted by atomic mass is 32.1. The lowest BCUT2D eigenvalue weighted by Gasteiger charge is -2.16. The van der Waals surface area contributed by atoms with Crippen LogP contribution in [0.15, 0.2) is 24.4 Å². The van der Waals surface area contributed by atoms with Gasteiger partial charge in [-0.2, -0.15) is 0 Å². The fourth-order valence-electron chi connectivity index (χ4n) is 1.85. The molecule has 6 heteroatoms. The van der Waals surface area contributed by atoms with Crippen LogP contribution in [0.3, 0.4) is 0 Å². The maximum Gasteiger partial charge on any atom is 0.340 e. The Bertz CT molecular complexity index is 625. The molecule has 3 N–H and O–H groups in total. The highest BCUT2D eigenvalue weighted by Crippen LogP contribution is 2.28. The molecule has 1 heterocycles. The predicted molar refractivity (Wildman–Crippen MR) is 81.1 cm³/mol. The number of aromatic nitrogens is 1. The van der Waals surface area contributed by atoms with E-state index in [9.17, 15) is 4.79 Å². The van der Waals surface area contributed by atoms with E-state index in [0.717, 1.165) is 9.88 Å². The number of carbonyl (C=O) groups excluding carboxylic acids is 1. The quantitative estimate of drug-likeness (QED) is 0.669. The molecular weight excluding hydrogens is 274 g/mol. The molecule has 5 nitrogen and oxygen atoms in total. The van der Waals surface area contributed by atoms with Crippen molar-refractivity contribution in [1.82, 2.24) is 4.98 Å². The van der Waals surface area contributed by atoms with E-state index in [-0.39, 0.29) is 6.04 Å². The summed E-state index contributed by atoms with van der Waals surface area (Å²) in [6, 6.07) is 5.26. The minimum Gasteiger partial charge on any atom is -0.465 e. The summed E-state index contributed by atoms with van der Waals surface area (Å²) in [6.45, 7) is 4.02. The van der Waals surface area contributed by atoms with Gasteiger partial charge in [-0.05, 0) is 26.0 Å². The highest BCUT2D eigenvalue weighted by molar-refractivity contribution is 7.11. The van der Waals surface area contributed by atoms with Crippen LogP contribution >= 0.6 is 11.3 Å². The van der Waals surface area contributed by atoms with E-state index < -0.39 is 5.97 Å². The van der Waals surface area contributed by atoms with Crippen LogP contribution < -0.4 is 11.1 Å².